The van der Waals surface area contributed by atoms with E-state index in [4.69, 9.17) is 4.74 Å². The number of sulfonamides is 1. The Hall–Kier alpha value is -3.10. The first-order valence-electron chi connectivity index (χ1n) is 10.0. The molecular formula is C23H26N4O3S. The summed E-state index contributed by atoms with van der Waals surface area (Å²) in [7, 11) is -1.82. The topological polar surface area (TPSA) is 87.3 Å². The first-order valence-corrected chi connectivity index (χ1v) is 11.6. The van der Waals surface area contributed by atoms with E-state index in [-0.39, 0.29) is 13.1 Å². The van der Waals surface area contributed by atoms with E-state index in [9.17, 15) is 8.42 Å². The van der Waals surface area contributed by atoms with Gasteiger partial charge in [0.1, 0.15) is 5.75 Å². The van der Waals surface area contributed by atoms with Gasteiger partial charge in [-0.15, -0.1) is 0 Å². The van der Waals surface area contributed by atoms with Gasteiger partial charge in [-0.3, -0.25) is 4.98 Å². The van der Waals surface area contributed by atoms with E-state index in [2.05, 4.69) is 21.9 Å². The van der Waals surface area contributed by atoms with Crippen LogP contribution in [0.3, 0.4) is 0 Å². The number of aromatic amines is 1. The first-order chi connectivity index (χ1) is 14.8. The van der Waals surface area contributed by atoms with Crippen LogP contribution in [0.2, 0.25) is 0 Å². The van der Waals surface area contributed by atoms with Crippen molar-refractivity contribution in [3.63, 3.8) is 0 Å². The van der Waals surface area contributed by atoms with E-state index >= 15 is 0 Å². The van der Waals surface area contributed by atoms with Gasteiger partial charge >= 0.3 is 0 Å². The molecule has 2 aromatic heterocycles. The monoisotopic (exact) mass is 438 g/mol. The summed E-state index contributed by atoms with van der Waals surface area (Å²) in [5.74, 6) is 0.620. The van der Waals surface area contributed by atoms with Gasteiger partial charge in [0.25, 0.3) is 0 Å². The normalized spacial score (nSPS) is 14.5. The molecule has 0 atom stereocenters. The van der Waals surface area contributed by atoms with Crippen molar-refractivity contribution >= 4 is 27.0 Å². The molecule has 0 aliphatic carbocycles. The van der Waals surface area contributed by atoms with Gasteiger partial charge in [0.2, 0.25) is 10.0 Å². The fourth-order valence-corrected chi connectivity index (χ4v) is 5.05. The Morgan fingerprint density at radius 3 is 2.61 bits per heavy atom. The Morgan fingerprint density at radius 2 is 1.94 bits per heavy atom. The zero-order valence-corrected chi connectivity index (χ0v) is 18.7. The maximum Gasteiger partial charge on any atom is 0.217 e. The lowest BCUT2D eigenvalue weighted by Crippen LogP contribution is -2.39. The van der Waals surface area contributed by atoms with Crippen LogP contribution in [0.15, 0.2) is 55.4 Å². The van der Waals surface area contributed by atoms with Crippen LogP contribution in [0.25, 0.3) is 16.8 Å². The van der Waals surface area contributed by atoms with E-state index in [1.165, 1.54) is 4.31 Å². The van der Waals surface area contributed by atoms with E-state index in [0.29, 0.717) is 5.75 Å². The number of nitrogens with zero attached hydrogens (tertiary/aromatic N) is 2. The highest BCUT2D eigenvalue weighted by Gasteiger charge is 2.34. The summed E-state index contributed by atoms with van der Waals surface area (Å²) in [5.41, 5.74) is 5.84. The fourth-order valence-electron chi connectivity index (χ4n) is 3.80. The van der Waals surface area contributed by atoms with Crippen LogP contribution < -0.4 is 10.1 Å². The molecular weight excluding hydrogens is 412 g/mol. The number of H-pyrrole nitrogens is 1. The third-order valence-corrected chi connectivity index (χ3v) is 7.57. The molecule has 7 nitrogen and oxygen atoms in total. The lowest BCUT2D eigenvalue weighted by Gasteiger charge is -2.29. The number of rotatable bonds is 6. The van der Waals surface area contributed by atoms with Crippen LogP contribution in [0, 0.1) is 0 Å². The Balaban J connectivity index is 1.88. The van der Waals surface area contributed by atoms with E-state index in [0.717, 1.165) is 39.5 Å². The van der Waals surface area contributed by atoms with Crippen LogP contribution in [0.4, 0.5) is 11.4 Å². The molecule has 2 N–H and O–H groups in total. The smallest absolute Gasteiger partial charge is 0.217 e. The third kappa shape index (κ3) is 3.84. The Bertz CT molecular complexity index is 1220. The van der Waals surface area contributed by atoms with E-state index in [1.54, 1.807) is 33.4 Å². The van der Waals surface area contributed by atoms with E-state index < -0.39 is 15.3 Å². The second-order valence-electron chi connectivity index (χ2n) is 7.76. The number of anilines is 2. The van der Waals surface area contributed by atoms with Gasteiger partial charge in [0.15, 0.2) is 0 Å². The zero-order valence-electron chi connectivity index (χ0n) is 17.8. The summed E-state index contributed by atoms with van der Waals surface area (Å²) in [4.78, 5) is 7.60. The molecule has 0 amide bonds. The van der Waals surface area contributed by atoms with Crippen molar-refractivity contribution in [2.45, 2.75) is 25.6 Å². The second kappa shape index (κ2) is 8.20. The van der Waals surface area contributed by atoms with Gasteiger partial charge in [0.05, 0.1) is 36.5 Å². The number of pyridine rings is 1. The minimum atomic E-state index is -3.42. The highest BCUT2D eigenvalue weighted by atomic mass is 32.2. The van der Waals surface area contributed by atoms with Crippen LogP contribution in [-0.2, 0) is 16.6 Å². The molecule has 162 valence electrons. The van der Waals surface area contributed by atoms with Gasteiger partial charge < -0.3 is 15.0 Å². The predicted octanol–water partition coefficient (Wildman–Crippen LogP) is 4.40. The Labute approximate surface area is 182 Å². The lowest BCUT2D eigenvalue weighted by molar-refractivity contribution is 0.414. The van der Waals surface area contributed by atoms with Crippen molar-refractivity contribution in [1.29, 1.82) is 0 Å². The highest BCUT2D eigenvalue weighted by molar-refractivity contribution is 7.89. The van der Waals surface area contributed by atoms with Crippen LogP contribution >= 0.6 is 0 Å². The number of para-hydroxylation sites is 1. The molecule has 0 fully saturated rings. The molecule has 0 saturated heterocycles. The standard InChI is InChI=1S/C23H26N4O3S/c1-15(2)31(28,29)27-13-16(3)21-19(14-27)26-22(18-10-11-24-12-20(18)30-4)23(21)25-17-8-6-5-7-9-17/h5-12,15,25-26H,3,13-14H2,1-2,4H3. The first kappa shape index (κ1) is 21.1. The average Bonchev–Trinajstić information content (AvgIpc) is 3.12. The number of ether oxygens (including phenoxy) is 1. The van der Waals surface area contributed by atoms with Crippen molar-refractivity contribution in [2.24, 2.45) is 0 Å². The van der Waals surface area contributed by atoms with Gasteiger partial charge in [-0.1, -0.05) is 24.8 Å². The number of hydrogen-bond donors (Lipinski definition) is 2. The number of hydrogen-bond acceptors (Lipinski definition) is 5. The number of aromatic nitrogens is 2. The summed E-state index contributed by atoms with van der Waals surface area (Å²) < 4.78 is 32.7. The van der Waals surface area contributed by atoms with Crippen LogP contribution in [0.1, 0.15) is 25.1 Å². The molecule has 0 bridgehead atoms. The highest BCUT2D eigenvalue weighted by Crippen LogP contribution is 2.44. The van der Waals surface area contributed by atoms with Crippen molar-refractivity contribution < 1.29 is 13.2 Å². The van der Waals surface area contributed by atoms with Crippen LogP contribution in [-0.4, -0.2) is 41.6 Å². The van der Waals surface area contributed by atoms with Crippen LogP contribution in [0.5, 0.6) is 5.75 Å². The molecule has 8 heteroatoms. The average molecular weight is 439 g/mol. The van der Waals surface area contributed by atoms with Gasteiger partial charge in [-0.2, -0.15) is 4.31 Å². The Morgan fingerprint density at radius 1 is 1.19 bits per heavy atom. The largest absolute Gasteiger partial charge is 0.494 e. The number of nitrogens with one attached hydrogen (secondary N) is 2. The fraction of sp³-hybridized carbons (Fsp3) is 0.261. The molecule has 0 saturated carbocycles. The molecule has 0 radical (unpaired) electrons. The Kier molecular flexibility index (Phi) is 5.60. The summed E-state index contributed by atoms with van der Waals surface area (Å²) >= 11 is 0. The van der Waals surface area contributed by atoms with E-state index in [1.807, 2.05) is 36.4 Å². The summed E-state index contributed by atoms with van der Waals surface area (Å²) in [6, 6.07) is 11.7. The quantitative estimate of drug-likeness (QED) is 0.596. The molecule has 3 aromatic rings. The van der Waals surface area contributed by atoms with Crippen molar-refractivity contribution in [3.05, 3.63) is 66.6 Å². The molecule has 1 aliphatic rings. The summed E-state index contributed by atoms with van der Waals surface area (Å²) in [6.45, 7) is 8.11. The molecule has 1 aliphatic heterocycles. The van der Waals surface area contributed by atoms with Gasteiger partial charge in [-0.25, -0.2) is 8.42 Å². The number of benzene rings is 1. The molecule has 0 spiro atoms. The van der Waals surface area contributed by atoms with Gasteiger partial charge in [0, 0.05) is 35.2 Å². The lowest BCUT2D eigenvalue weighted by atomic mass is 10.0. The molecule has 4 rings (SSSR count). The minimum absolute atomic E-state index is 0.252. The van der Waals surface area contributed by atoms with Crippen molar-refractivity contribution in [2.75, 3.05) is 19.0 Å². The molecule has 3 heterocycles. The minimum Gasteiger partial charge on any atom is -0.494 e. The van der Waals surface area contributed by atoms with Crippen molar-refractivity contribution in [1.82, 2.24) is 14.3 Å². The molecule has 1 aromatic carbocycles. The zero-order chi connectivity index (χ0) is 22.2. The predicted molar refractivity (Wildman–Crippen MR) is 124 cm³/mol. The SMILES string of the molecule is C=C1CN(S(=O)(=O)C(C)C)Cc2[nH]c(-c3ccncc3OC)c(Nc3ccccc3)c21. The van der Waals surface area contributed by atoms with Crippen molar-refractivity contribution in [3.8, 4) is 17.0 Å². The maximum absolute atomic E-state index is 12.8. The van der Waals surface area contributed by atoms with Gasteiger partial charge in [-0.05, 0) is 37.6 Å². The third-order valence-electron chi connectivity index (χ3n) is 5.41. The maximum atomic E-state index is 12.8. The summed E-state index contributed by atoms with van der Waals surface area (Å²) in [6.07, 6.45) is 3.36. The number of methoxy groups -OCH3 is 1. The summed E-state index contributed by atoms with van der Waals surface area (Å²) in [5, 5.41) is 3.00. The number of fused-ring (bicyclic) bond motifs is 1. The molecule has 31 heavy (non-hydrogen) atoms. The molecule has 0 unspecified atom stereocenters. The second-order valence-corrected chi connectivity index (χ2v) is 10.3.